The number of alkyl halides is 1. The van der Waals surface area contributed by atoms with Crippen LogP contribution in [-0.2, 0) is 17.9 Å². The Bertz CT molecular complexity index is 1060. The summed E-state index contributed by atoms with van der Waals surface area (Å²) >= 11 is 5.83. The zero-order valence-corrected chi connectivity index (χ0v) is 17.9. The van der Waals surface area contributed by atoms with E-state index in [0.29, 0.717) is 5.02 Å². The number of aromatic nitrogens is 1. The smallest absolute Gasteiger partial charge is 0.265 e. The van der Waals surface area contributed by atoms with Crippen LogP contribution in [-0.4, -0.2) is 50.7 Å². The van der Waals surface area contributed by atoms with E-state index in [1.165, 1.54) is 30.9 Å². The molecule has 1 aromatic heterocycles. The number of hydrogen-bond acceptors (Lipinski definition) is 5. The lowest BCUT2D eigenvalue weighted by atomic mass is 9.80. The summed E-state index contributed by atoms with van der Waals surface area (Å²) in [4.78, 5) is 39.0. The number of nitrogen functional groups attached to an aromatic ring is 1. The molecule has 4 N–H and O–H groups in total. The number of benzene rings is 1. The maximum Gasteiger partial charge on any atom is 0.265 e. The van der Waals surface area contributed by atoms with E-state index in [0.717, 1.165) is 10.1 Å². The summed E-state index contributed by atoms with van der Waals surface area (Å²) in [7, 11) is 0. The minimum absolute atomic E-state index is 0.00853. The summed E-state index contributed by atoms with van der Waals surface area (Å²) in [6.07, 6.45) is 0. The van der Waals surface area contributed by atoms with Gasteiger partial charge in [0.15, 0.2) is 0 Å². The second-order valence-corrected chi connectivity index (χ2v) is 8.56. The molecule has 1 aliphatic heterocycles. The number of carbonyl (C=O) groups is 2. The zero-order valence-electron chi connectivity index (χ0n) is 17.2. The van der Waals surface area contributed by atoms with Crippen LogP contribution in [0.25, 0.3) is 0 Å². The summed E-state index contributed by atoms with van der Waals surface area (Å²) in [6.45, 7) is 1.86. The number of nitrogens with two attached hydrogens (primary N) is 1. The van der Waals surface area contributed by atoms with E-state index in [-0.39, 0.29) is 31.0 Å². The van der Waals surface area contributed by atoms with Crippen LogP contribution in [0.5, 0.6) is 0 Å². The Balaban J connectivity index is 1.69. The SMILES string of the molecule is CC(C)(F)C1(O)CN(C(=O)Cn2c(N)ccc(C(=O)NCc3ccc(Cl)cc3)c2=O)C1. The fraction of sp³-hybridized carbons (Fsp3) is 0.381. The summed E-state index contributed by atoms with van der Waals surface area (Å²) < 4.78 is 15.0. The number of amides is 2. The van der Waals surface area contributed by atoms with Gasteiger partial charge in [0.2, 0.25) is 5.91 Å². The molecule has 0 radical (unpaired) electrons. The Morgan fingerprint density at radius 1 is 1.23 bits per heavy atom. The molecule has 0 atom stereocenters. The summed E-state index contributed by atoms with van der Waals surface area (Å²) in [6, 6.07) is 9.52. The highest BCUT2D eigenvalue weighted by Crippen LogP contribution is 2.34. The van der Waals surface area contributed by atoms with Crippen molar-refractivity contribution in [2.45, 2.75) is 38.2 Å². The van der Waals surface area contributed by atoms with E-state index < -0.39 is 35.2 Å². The third-order valence-electron chi connectivity index (χ3n) is 5.48. The molecule has 1 fully saturated rings. The van der Waals surface area contributed by atoms with Gasteiger partial charge >= 0.3 is 0 Å². The van der Waals surface area contributed by atoms with Gasteiger partial charge in [-0.05, 0) is 43.7 Å². The van der Waals surface area contributed by atoms with Crippen molar-refractivity contribution in [3.05, 3.63) is 62.9 Å². The molecule has 8 nitrogen and oxygen atoms in total. The zero-order chi connectivity index (χ0) is 23.0. The minimum atomic E-state index is -1.87. The number of pyridine rings is 1. The van der Waals surface area contributed by atoms with Gasteiger partial charge in [0, 0.05) is 11.6 Å². The average Bonchev–Trinajstić information content (AvgIpc) is 2.67. The fourth-order valence-electron chi connectivity index (χ4n) is 3.18. The predicted octanol–water partition coefficient (Wildman–Crippen LogP) is 1.34. The van der Waals surface area contributed by atoms with Crippen LogP contribution in [0.4, 0.5) is 10.2 Å². The van der Waals surface area contributed by atoms with Crippen LogP contribution in [0, 0.1) is 0 Å². The van der Waals surface area contributed by atoms with Crippen molar-refractivity contribution in [2.24, 2.45) is 0 Å². The van der Waals surface area contributed by atoms with Crippen LogP contribution in [0.2, 0.25) is 5.02 Å². The van der Waals surface area contributed by atoms with Crippen LogP contribution in [0.1, 0.15) is 29.8 Å². The molecule has 31 heavy (non-hydrogen) atoms. The van der Waals surface area contributed by atoms with Crippen LogP contribution in [0.3, 0.4) is 0 Å². The number of likely N-dealkylation sites (tertiary alicyclic amines) is 1. The molecule has 1 aliphatic rings. The molecule has 166 valence electrons. The molecular weight excluding hydrogens is 427 g/mol. The Hall–Kier alpha value is -2.91. The standard InChI is InChI=1S/C21H24ClFN4O4/c1-20(2,23)21(31)11-26(12-21)17(28)10-27-16(24)8-7-15(19(27)30)18(29)25-9-13-3-5-14(22)6-4-13/h3-8,31H,9-12,24H2,1-2H3,(H,25,29). The monoisotopic (exact) mass is 450 g/mol. The van der Waals surface area contributed by atoms with Gasteiger partial charge < -0.3 is 21.1 Å². The molecule has 1 aromatic carbocycles. The van der Waals surface area contributed by atoms with Gasteiger partial charge in [-0.3, -0.25) is 19.0 Å². The van der Waals surface area contributed by atoms with Crippen LogP contribution in [0.15, 0.2) is 41.2 Å². The number of carbonyl (C=O) groups excluding carboxylic acids is 2. The Morgan fingerprint density at radius 3 is 2.42 bits per heavy atom. The lowest BCUT2D eigenvalue weighted by Gasteiger charge is -2.51. The molecule has 0 aliphatic carbocycles. The average molecular weight is 451 g/mol. The fourth-order valence-corrected chi connectivity index (χ4v) is 3.31. The first-order valence-corrected chi connectivity index (χ1v) is 10.00. The van der Waals surface area contributed by atoms with Crippen molar-refractivity contribution in [3.8, 4) is 0 Å². The van der Waals surface area contributed by atoms with Gasteiger partial charge in [0.1, 0.15) is 29.2 Å². The lowest BCUT2D eigenvalue weighted by molar-refractivity contribution is -0.187. The number of nitrogens with zero attached hydrogens (tertiary/aromatic N) is 2. The second kappa shape index (κ2) is 8.32. The van der Waals surface area contributed by atoms with Crippen molar-refractivity contribution in [1.29, 1.82) is 0 Å². The van der Waals surface area contributed by atoms with Gasteiger partial charge in [-0.2, -0.15) is 0 Å². The maximum absolute atomic E-state index is 14.1. The number of halogens is 2. The summed E-state index contributed by atoms with van der Waals surface area (Å²) in [5.41, 5.74) is 2.24. The highest BCUT2D eigenvalue weighted by atomic mass is 35.5. The molecule has 1 saturated heterocycles. The van der Waals surface area contributed by atoms with Gasteiger partial charge in [-0.15, -0.1) is 0 Å². The number of nitrogens with one attached hydrogen (secondary N) is 1. The van der Waals surface area contributed by atoms with Gasteiger partial charge in [-0.1, -0.05) is 23.7 Å². The second-order valence-electron chi connectivity index (χ2n) is 8.13. The molecule has 0 spiro atoms. The highest BCUT2D eigenvalue weighted by Gasteiger charge is 2.54. The van der Waals surface area contributed by atoms with E-state index >= 15 is 0 Å². The summed E-state index contributed by atoms with van der Waals surface area (Å²) in [5, 5.41) is 13.4. The first-order valence-electron chi connectivity index (χ1n) is 9.62. The molecule has 0 bridgehead atoms. The molecular formula is C21H24ClFN4O4. The quantitative estimate of drug-likeness (QED) is 0.613. The number of anilines is 1. The Labute approximate surface area is 183 Å². The van der Waals surface area contributed by atoms with E-state index in [9.17, 15) is 23.9 Å². The third kappa shape index (κ3) is 4.72. The molecule has 3 rings (SSSR count). The minimum Gasteiger partial charge on any atom is -0.385 e. The van der Waals surface area contributed by atoms with Crippen molar-refractivity contribution in [1.82, 2.24) is 14.8 Å². The van der Waals surface area contributed by atoms with E-state index in [1.807, 2.05) is 0 Å². The Morgan fingerprint density at radius 2 is 1.84 bits per heavy atom. The van der Waals surface area contributed by atoms with Crippen molar-refractivity contribution < 1.29 is 19.1 Å². The van der Waals surface area contributed by atoms with Gasteiger partial charge in [0.05, 0.1) is 13.1 Å². The van der Waals surface area contributed by atoms with Gasteiger partial charge in [-0.25, -0.2) is 4.39 Å². The van der Waals surface area contributed by atoms with Crippen molar-refractivity contribution in [2.75, 3.05) is 18.8 Å². The number of β-amino-alcohol motifs (C(OH)–C–C–N with tert-alkyl or cyclic N) is 1. The van der Waals surface area contributed by atoms with Crippen molar-refractivity contribution >= 4 is 29.2 Å². The topological polar surface area (TPSA) is 118 Å². The predicted molar refractivity (Wildman–Crippen MR) is 114 cm³/mol. The van der Waals surface area contributed by atoms with Gasteiger partial charge in [0.25, 0.3) is 11.5 Å². The van der Waals surface area contributed by atoms with E-state index in [2.05, 4.69) is 5.32 Å². The molecule has 2 heterocycles. The first kappa shape index (κ1) is 22.8. The largest absolute Gasteiger partial charge is 0.385 e. The van der Waals surface area contributed by atoms with Crippen molar-refractivity contribution in [3.63, 3.8) is 0 Å². The normalized spacial score (nSPS) is 15.3. The highest BCUT2D eigenvalue weighted by molar-refractivity contribution is 6.30. The number of hydrogen-bond donors (Lipinski definition) is 3. The summed E-state index contributed by atoms with van der Waals surface area (Å²) in [5.74, 6) is -1.12. The number of rotatable bonds is 6. The van der Waals surface area contributed by atoms with Crippen LogP contribution < -0.4 is 16.6 Å². The molecule has 10 heteroatoms. The maximum atomic E-state index is 14.1. The molecule has 0 unspecified atom stereocenters. The lowest BCUT2D eigenvalue weighted by Crippen LogP contribution is -2.71. The van der Waals surface area contributed by atoms with E-state index in [1.54, 1.807) is 24.3 Å². The molecule has 0 saturated carbocycles. The first-order chi connectivity index (χ1) is 14.4. The molecule has 2 amide bonds. The van der Waals surface area contributed by atoms with E-state index in [4.69, 9.17) is 17.3 Å². The van der Waals surface area contributed by atoms with Crippen LogP contribution >= 0.6 is 11.6 Å². The number of aliphatic hydroxyl groups is 1. The Kier molecular flexibility index (Phi) is 6.11. The molecule has 2 aromatic rings. The third-order valence-corrected chi connectivity index (χ3v) is 5.73.